The minimum Gasteiger partial charge on any atom is -0.396 e. The van der Waals surface area contributed by atoms with E-state index in [0.29, 0.717) is 5.69 Å². The van der Waals surface area contributed by atoms with Crippen LogP contribution in [-0.2, 0) is 0 Å². The molecule has 0 saturated heterocycles. The molecule has 1 aliphatic carbocycles. The quantitative estimate of drug-likeness (QED) is 0.811. The Labute approximate surface area is 129 Å². The summed E-state index contributed by atoms with van der Waals surface area (Å²) in [6.07, 6.45) is 2.87. The summed E-state index contributed by atoms with van der Waals surface area (Å²) in [5, 5.41) is 19.6. The normalized spacial score (nSPS) is 24.4. The number of aromatic nitrogens is 2. The van der Waals surface area contributed by atoms with E-state index in [2.05, 4.69) is 15.5 Å². The van der Waals surface area contributed by atoms with Crippen LogP contribution in [0.15, 0.2) is 36.4 Å². The Balaban J connectivity index is 1.72. The molecule has 0 spiro atoms. The van der Waals surface area contributed by atoms with Gasteiger partial charge < -0.3 is 10.4 Å². The van der Waals surface area contributed by atoms with Crippen molar-refractivity contribution in [3.8, 4) is 11.3 Å². The molecule has 1 aromatic carbocycles. The predicted octanol–water partition coefficient (Wildman–Crippen LogP) is 2.36. The Morgan fingerprint density at radius 1 is 1.45 bits per heavy atom. The van der Waals surface area contributed by atoms with Crippen molar-refractivity contribution in [1.29, 1.82) is 0 Å². The number of rotatable bonds is 4. The van der Waals surface area contributed by atoms with E-state index in [1.54, 1.807) is 6.07 Å². The maximum absolute atomic E-state index is 12.4. The fourth-order valence-electron chi connectivity index (χ4n) is 3.10. The molecule has 5 nitrogen and oxygen atoms in total. The minimum atomic E-state index is -0.224. The van der Waals surface area contributed by atoms with Gasteiger partial charge in [0, 0.05) is 17.0 Å². The first kappa shape index (κ1) is 14.8. The van der Waals surface area contributed by atoms with Crippen molar-refractivity contribution in [2.45, 2.75) is 32.2 Å². The standard InChI is InChI=1S/C17H21N3O2/c1-17(11-21)9-5-8-15(17)18-16(22)14-10-13(19-20-14)12-6-3-2-4-7-12/h2-4,6-7,10,15,21H,5,8-9,11H2,1H3,(H,18,22)(H,19,20). The molecule has 116 valence electrons. The Kier molecular flexibility index (Phi) is 3.98. The summed E-state index contributed by atoms with van der Waals surface area (Å²) in [5.41, 5.74) is 1.95. The van der Waals surface area contributed by atoms with Crippen LogP contribution in [0.2, 0.25) is 0 Å². The highest BCUT2D eigenvalue weighted by Gasteiger charge is 2.39. The number of nitrogens with one attached hydrogen (secondary N) is 2. The van der Waals surface area contributed by atoms with Crippen LogP contribution in [0.5, 0.6) is 0 Å². The van der Waals surface area contributed by atoms with E-state index in [-0.39, 0.29) is 24.0 Å². The maximum Gasteiger partial charge on any atom is 0.269 e. The summed E-state index contributed by atoms with van der Waals surface area (Å²) in [6.45, 7) is 2.11. The lowest BCUT2D eigenvalue weighted by Gasteiger charge is -2.29. The number of H-pyrrole nitrogens is 1. The first-order valence-corrected chi connectivity index (χ1v) is 7.65. The Bertz CT molecular complexity index is 653. The highest BCUT2D eigenvalue weighted by Crippen LogP contribution is 2.37. The fourth-order valence-corrected chi connectivity index (χ4v) is 3.10. The average molecular weight is 299 g/mol. The fraction of sp³-hybridized carbons (Fsp3) is 0.412. The van der Waals surface area contributed by atoms with Crippen LogP contribution < -0.4 is 5.32 Å². The molecule has 2 atom stereocenters. The van der Waals surface area contributed by atoms with E-state index in [1.165, 1.54) is 0 Å². The lowest BCUT2D eigenvalue weighted by Crippen LogP contribution is -2.44. The van der Waals surface area contributed by atoms with Gasteiger partial charge in [-0.15, -0.1) is 0 Å². The van der Waals surface area contributed by atoms with Crippen molar-refractivity contribution in [2.24, 2.45) is 5.41 Å². The third-order valence-electron chi connectivity index (χ3n) is 4.64. The molecule has 1 fully saturated rings. The van der Waals surface area contributed by atoms with Crippen molar-refractivity contribution in [2.75, 3.05) is 6.61 Å². The van der Waals surface area contributed by atoms with Crippen LogP contribution in [0.3, 0.4) is 0 Å². The lowest BCUT2D eigenvalue weighted by atomic mass is 9.86. The number of carbonyl (C=O) groups excluding carboxylic acids is 1. The zero-order chi connectivity index (χ0) is 15.6. The molecule has 0 bridgehead atoms. The lowest BCUT2D eigenvalue weighted by molar-refractivity contribution is 0.0826. The molecule has 2 aromatic rings. The monoisotopic (exact) mass is 299 g/mol. The van der Waals surface area contributed by atoms with Crippen molar-refractivity contribution in [1.82, 2.24) is 15.5 Å². The molecule has 1 heterocycles. The summed E-state index contributed by atoms with van der Waals surface area (Å²) in [4.78, 5) is 12.4. The molecule has 1 aromatic heterocycles. The summed E-state index contributed by atoms with van der Waals surface area (Å²) in [5.74, 6) is -0.166. The Morgan fingerprint density at radius 3 is 2.95 bits per heavy atom. The zero-order valence-corrected chi connectivity index (χ0v) is 12.7. The molecular weight excluding hydrogens is 278 g/mol. The largest absolute Gasteiger partial charge is 0.396 e. The third-order valence-corrected chi connectivity index (χ3v) is 4.64. The van der Waals surface area contributed by atoms with E-state index < -0.39 is 0 Å². The maximum atomic E-state index is 12.4. The van der Waals surface area contributed by atoms with E-state index >= 15 is 0 Å². The number of hydrogen-bond donors (Lipinski definition) is 3. The molecule has 1 saturated carbocycles. The van der Waals surface area contributed by atoms with Crippen LogP contribution in [0.4, 0.5) is 0 Å². The first-order chi connectivity index (χ1) is 10.6. The van der Waals surface area contributed by atoms with E-state index in [4.69, 9.17) is 0 Å². The van der Waals surface area contributed by atoms with Gasteiger partial charge in [-0.05, 0) is 18.9 Å². The van der Waals surface area contributed by atoms with Crippen molar-refractivity contribution < 1.29 is 9.90 Å². The Morgan fingerprint density at radius 2 is 2.23 bits per heavy atom. The average Bonchev–Trinajstić information content (AvgIpc) is 3.17. The summed E-state index contributed by atoms with van der Waals surface area (Å²) >= 11 is 0. The molecule has 1 aliphatic rings. The molecule has 22 heavy (non-hydrogen) atoms. The van der Waals surface area contributed by atoms with E-state index in [9.17, 15) is 9.90 Å². The minimum absolute atomic E-state index is 0.00785. The van der Waals surface area contributed by atoms with Crippen LogP contribution >= 0.6 is 0 Å². The number of carbonyl (C=O) groups is 1. The highest BCUT2D eigenvalue weighted by molar-refractivity contribution is 5.93. The number of hydrogen-bond acceptors (Lipinski definition) is 3. The number of aliphatic hydroxyl groups excluding tert-OH is 1. The second-order valence-electron chi connectivity index (χ2n) is 6.26. The molecule has 3 N–H and O–H groups in total. The van der Waals surface area contributed by atoms with Crippen LogP contribution in [0, 0.1) is 5.41 Å². The van der Waals surface area contributed by atoms with Crippen molar-refractivity contribution in [3.05, 3.63) is 42.1 Å². The van der Waals surface area contributed by atoms with Gasteiger partial charge in [-0.2, -0.15) is 5.10 Å². The van der Waals surface area contributed by atoms with E-state index in [0.717, 1.165) is 30.5 Å². The van der Waals surface area contributed by atoms with Gasteiger partial charge in [0.25, 0.3) is 5.91 Å². The number of benzene rings is 1. The van der Waals surface area contributed by atoms with Gasteiger partial charge in [0.1, 0.15) is 5.69 Å². The van der Waals surface area contributed by atoms with Gasteiger partial charge in [-0.3, -0.25) is 9.89 Å². The smallest absolute Gasteiger partial charge is 0.269 e. The number of aliphatic hydroxyl groups is 1. The van der Waals surface area contributed by atoms with E-state index in [1.807, 2.05) is 37.3 Å². The van der Waals surface area contributed by atoms with Gasteiger partial charge in [-0.1, -0.05) is 43.7 Å². The zero-order valence-electron chi connectivity index (χ0n) is 12.7. The van der Waals surface area contributed by atoms with Gasteiger partial charge in [0.2, 0.25) is 0 Å². The number of amides is 1. The second kappa shape index (κ2) is 5.93. The van der Waals surface area contributed by atoms with Gasteiger partial charge >= 0.3 is 0 Å². The second-order valence-corrected chi connectivity index (χ2v) is 6.26. The third kappa shape index (κ3) is 2.76. The van der Waals surface area contributed by atoms with Gasteiger partial charge in [0.05, 0.1) is 12.3 Å². The molecular formula is C17H21N3O2. The first-order valence-electron chi connectivity index (χ1n) is 7.65. The predicted molar refractivity (Wildman–Crippen MR) is 84.3 cm³/mol. The van der Waals surface area contributed by atoms with Crippen molar-refractivity contribution in [3.63, 3.8) is 0 Å². The summed E-state index contributed by atoms with van der Waals surface area (Å²) in [6, 6.07) is 11.5. The molecule has 1 amide bonds. The molecule has 0 radical (unpaired) electrons. The van der Waals surface area contributed by atoms with Crippen LogP contribution in [-0.4, -0.2) is 33.9 Å². The van der Waals surface area contributed by atoms with Gasteiger partial charge in [-0.25, -0.2) is 0 Å². The van der Waals surface area contributed by atoms with Crippen LogP contribution in [0.25, 0.3) is 11.3 Å². The molecule has 3 rings (SSSR count). The summed E-state index contributed by atoms with van der Waals surface area (Å²) in [7, 11) is 0. The van der Waals surface area contributed by atoms with Crippen LogP contribution in [0.1, 0.15) is 36.7 Å². The Hall–Kier alpha value is -2.14. The topological polar surface area (TPSA) is 78.0 Å². The van der Waals surface area contributed by atoms with Gasteiger partial charge in [0.15, 0.2) is 0 Å². The SMILES string of the molecule is CC1(CO)CCCC1NC(=O)c1cc(-c2ccccc2)n[nH]1. The number of aromatic amines is 1. The number of nitrogens with zero attached hydrogens (tertiary/aromatic N) is 1. The van der Waals surface area contributed by atoms with Crippen molar-refractivity contribution >= 4 is 5.91 Å². The molecule has 2 unspecified atom stereocenters. The summed E-state index contributed by atoms with van der Waals surface area (Å²) < 4.78 is 0. The highest BCUT2D eigenvalue weighted by atomic mass is 16.3. The molecule has 5 heteroatoms. The molecule has 0 aliphatic heterocycles.